The van der Waals surface area contributed by atoms with Gasteiger partial charge >= 0.3 is 6.03 Å². The topological polar surface area (TPSA) is 65.1 Å². The predicted octanol–water partition coefficient (Wildman–Crippen LogP) is 3.24. The third-order valence-electron chi connectivity index (χ3n) is 8.02. The summed E-state index contributed by atoms with van der Waals surface area (Å²) in [7, 11) is 1.70. The Kier molecular flexibility index (Phi) is 6.15. The SMILES string of the molecule is COc1ccccc1N1CCN(C(=O)[C@H]2[C@H]3CC[C@@H](C3)N2C(=O)NC2CCCCC2)CC1. The molecule has 2 heterocycles. The quantitative estimate of drug-likeness (QED) is 0.781. The molecule has 3 atom stereocenters. The number of amides is 3. The molecular weight excluding hydrogens is 404 g/mol. The van der Waals surface area contributed by atoms with Gasteiger partial charge in [0.05, 0.1) is 12.8 Å². The lowest BCUT2D eigenvalue weighted by atomic mass is 9.95. The summed E-state index contributed by atoms with van der Waals surface area (Å²) < 4.78 is 5.52. The molecule has 2 saturated carbocycles. The molecule has 2 aliphatic carbocycles. The van der Waals surface area contributed by atoms with E-state index in [1.165, 1.54) is 19.3 Å². The molecule has 32 heavy (non-hydrogen) atoms. The number of carbonyl (C=O) groups is 2. The molecule has 1 aromatic carbocycles. The Morgan fingerprint density at radius 1 is 0.969 bits per heavy atom. The molecule has 1 N–H and O–H groups in total. The lowest BCUT2D eigenvalue weighted by Gasteiger charge is -2.41. The van der Waals surface area contributed by atoms with Crippen LogP contribution in [0.3, 0.4) is 0 Å². The van der Waals surface area contributed by atoms with Gasteiger partial charge in [0.25, 0.3) is 0 Å². The average Bonchev–Trinajstić information content (AvgIpc) is 3.46. The molecule has 0 aromatic heterocycles. The molecule has 1 aromatic rings. The van der Waals surface area contributed by atoms with Crippen molar-refractivity contribution in [1.82, 2.24) is 15.1 Å². The number of hydrogen-bond acceptors (Lipinski definition) is 4. The van der Waals surface area contributed by atoms with Crippen LogP contribution in [0.1, 0.15) is 51.4 Å². The Morgan fingerprint density at radius 3 is 2.47 bits per heavy atom. The fourth-order valence-corrected chi connectivity index (χ4v) is 6.34. The summed E-state index contributed by atoms with van der Waals surface area (Å²) in [5.41, 5.74) is 1.08. The van der Waals surface area contributed by atoms with Crippen molar-refractivity contribution < 1.29 is 14.3 Å². The van der Waals surface area contributed by atoms with Crippen molar-refractivity contribution in [3.63, 3.8) is 0 Å². The second-order valence-corrected chi connectivity index (χ2v) is 9.85. The van der Waals surface area contributed by atoms with Crippen molar-refractivity contribution in [3.8, 4) is 5.75 Å². The number of urea groups is 1. The van der Waals surface area contributed by atoms with Crippen LogP contribution in [0.4, 0.5) is 10.5 Å². The van der Waals surface area contributed by atoms with Gasteiger partial charge in [-0.3, -0.25) is 4.79 Å². The van der Waals surface area contributed by atoms with Gasteiger partial charge in [-0.25, -0.2) is 4.79 Å². The molecule has 3 amide bonds. The highest BCUT2D eigenvalue weighted by Gasteiger charge is 2.52. The van der Waals surface area contributed by atoms with Gasteiger partial charge in [-0.05, 0) is 50.2 Å². The maximum Gasteiger partial charge on any atom is 0.318 e. The number of nitrogens with one attached hydrogen (secondary N) is 1. The zero-order valence-corrected chi connectivity index (χ0v) is 19.2. The molecule has 7 heteroatoms. The number of hydrogen-bond donors (Lipinski definition) is 1. The smallest absolute Gasteiger partial charge is 0.318 e. The summed E-state index contributed by atoms with van der Waals surface area (Å²) in [5, 5.41) is 3.27. The molecule has 0 spiro atoms. The first-order chi connectivity index (χ1) is 15.7. The monoisotopic (exact) mass is 440 g/mol. The minimum absolute atomic E-state index is 0.00453. The first-order valence-corrected chi connectivity index (χ1v) is 12.4. The number of piperazine rings is 1. The van der Waals surface area contributed by atoms with Crippen LogP contribution in [-0.4, -0.2) is 73.2 Å². The van der Waals surface area contributed by atoms with Crippen molar-refractivity contribution in [3.05, 3.63) is 24.3 Å². The molecule has 2 saturated heterocycles. The number of carbonyl (C=O) groups excluding carboxylic acids is 2. The Balaban J connectivity index is 1.23. The summed E-state index contributed by atoms with van der Waals surface area (Å²) in [6.45, 7) is 2.92. The van der Waals surface area contributed by atoms with E-state index in [9.17, 15) is 9.59 Å². The van der Waals surface area contributed by atoms with Crippen LogP contribution in [-0.2, 0) is 4.79 Å². The van der Waals surface area contributed by atoms with Gasteiger partial charge in [-0.2, -0.15) is 0 Å². The standard InChI is InChI=1S/C25H36N4O3/c1-32-22-10-6-5-9-21(22)27-13-15-28(16-14-27)24(30)23-18-11-12-20(17-18)29(23)25(31)26-19-7-3-2-4-8-19/h5-6,9-10,18-20,23H,2-4,7-8,11-17H2,1H3,(H,26,31)/t18-,20-,23+/m0/s1. The summed E-state index contributed by atoms with van der Waals surface area (Å²) in [6.07, 6.45) is 8.86. The van der Waals surface area contributed by atoms with Crippen LogP contribution >= 0.6 is 0 Å². The van der Waals surface area contributed by atoms with E-state index in [0.717, 1.165) is 56.6 Å². The molecule has 2 bridgehead atoms. The lowest BCUT2D eigenvalue weighted by Crippen LogP contribution is -2.60. The Hall–Kier alpha value is -2.44. The molecule has 4 aliphatic rings. The summed E-state index contributed by atoms with van der Waals surface area (Å²) in [5.74, 6) is 1.33. The van der Waals surface area contributed by atoms with E-state index in [2.05, 4.69) is 16.3 Å². The van der Waals surface area contributed by atoms with Crippen molar-refractivity contribution in [1.29, 1.82) is 0 Å². The first kappa shape index (κ1) is 21.4. The first-order valence-electron chi connectivity index (χ1n) is 12.4. The number of benzene rings is 1. The third-order valence-corrected chi connectivity index (χ3v) is 8.02. The van der Waals surface area contributed by atoms with E-state index < -0.39 is 0 Å². The summed E-state index contributed by atoms with van der Waals surface area (Å²) in [6, 6.07) is 8.26. The number of para-hydroxylation sites is 2. The molecule has 174 valence electrons. The predicted molar refractivity (Wildman–Crippen MR) is 124 cm³/mol. The molecule has 5 rings (SSSR count). The summed E-state index contributed by atoms with van der Waals surface area (Å²) >= 11 is 0. The number of fused-ring (bicyclic) bond motifs is 2. The van der Waals surface area contributed by atoms with Crippen LogP contribution in [0.5, 0.6) is 5.75 Å². The van der Waals surface area contributed by atoms with Gasteiger partial charge in [-0.1, -0.05) is 31.4 Å². The van der Waals surface area contributed by atoms with E-state index in [1.54, 1.807) is 7.11 Å². The van der Waals surface area contributed by atoms with Crippen molar-refractivity contribution in [2.24, 2.45) is 5.92 Å². The normalized spacial score (nSPS) is 28.2. The van der Waals surface area contributed by atoms with Crippen LogP contribution in [0.25, 0.3) is 0 Å². The summed E-state index contributed by atoms with van der Waals surface area (Å²) in [4.78, 5) is 33.1. The van der Waals surface area contributed by atoms with Gasteiger partial charge in [-0.15, -0.1) is 0 Å². The maximum atomic E-state index is 13.6. The van der Waals surface area contributed by atoms with E-state index >= 15 is 0 Å². The fraction of sp³-hybridized carbons (Fsp3) is 0.680. The fourth-order valence-electron chi connectivity index (χ4n) is 6.34. The van der Waals surface area contributed by atoms with Crippen LogP contribution in [0.2, 0.25) is 0 Å². The molecule has 4 fully saturated rings. The van der Waals surface area contributed by atoms with Crippen LogP contribution in [0.15, 0.2) is 24.3 Å². The van der Waals surface area contributed by atoms with Crippen LogP contribution < -0.4 is 15.0 Å². The average molecular weight is 441 g/mol. The number of methoxy groups -OCH3 is 1. The number of ether oxygens (including phenoxy) is 1. The minimum Gasteiger partial charge on any atom is -0.495 e. The van der Waals surface area contributed by atoms with Crippen molar-refractivity contribution in [2.75, 3.05) is 38.2 Å². The van der Waals surface area contributed by atoms with Crippen molar-refractivity contribution in [2.45, 2.75) is 69.5 Å². The number of likely N-dealkylation sites (tertiary alicyclic amines) is 1. The van der Waals surface area contributed by atoms with Gasteiger partial charge in [0.1, 0.15) is 11.8 Å². The van der Waals surface area contributed by atoms with E-state index in [1.807, 2.05) is 28.0 Å². The second kappa shape index (κ2) is 9.20. The van der Waals surface area contributed by atoms with E-state index in [-0.39, 0.29) is 30.1 Å². The third kappa shape index (κ3) is 4.02. The van der Waals surface area contributed by atoms with Gasteiger partial charge in [0.15, 0.2) is 0 Å². The largest absolute Gasteiger partial charge is 0.495 e. The van der Waals surface area contributed by atoms with Crippen molar-refractivity contribution >= 4 is 17.6 Å². The Bertz CT molecular complexity index is 832. The number of piperidine rings is 1. The maximum absolute atomic E-state index is 13.6. The zero-order valence-electron chi connectivity index (χ0n) is 19.2. The molecule has 7 nitrogen and oxygen atoms in total. The molecule has 0 radical (unpaired) electrons. The Morgan fingerprint density at radius 2 is 1.72 bits per heavy atom. The van der Waals surface area contributed by atoms with Gasteiger partial charge in [0.2, 0.25) is 5.91 Å². The lowest BCUT2D eigenvalue weighted by molar-refractivity contribution is -0.137. The highest BCUT2D eigenvalue weighted by atomic mass is 16.5. The highest BCUT2D eigenvalue weighted by Crippen LogP contribution is 2.43. The number of anilines is 1. The number of rotatable bonds is 4. The minimum atomic E-state index is -0.282. The van der Waals surface area contributed by atoms with E-state index in [4.69, 9.17) is 4.74 Å². The second-order valence-electron chi connectivity index (χ2n) is 9.85. The zero-order chi connectivity index (χ0) is 22.1. The Labute approximate surface area is 191 Å². The van der Waals surface area contributed by atoms with E-state index in [0.29, 0.717) is 19.0 Å². The molecule has 0 unspecified atom stereocenters. The number of nitrogens with zero attached hydrogens (tertiary/aromatic N) is 3. The molecule has 2 aliphatic heterocycles. The highest BCUT2D eigenvalue weighted by molar-refractivity contribution is 5.89. The molecular formula is C25H36N4O3. The van der Waals surface area contributed by atoms with Gasteiger partial charge < -0.3 is 24.8 Å². The van der Waals surface area contributed by atoms with Crippen LogP contribution in [0, 0.1) is 5.92 Å². The van der Waals surface area contributed by atoms with Gasteiger partial charge in [0, 0.05) is 38.3 Å².